The molecule has 394 valence electrons. The van der Waals surface area contributed by atoms with Crippen molar-refractivity contribution in [3.63, 3.8) is 0 Å². The zero-order valence-corrected chi connectivity index (χ0v) is 47.2. The second-order valence-electron chi connectivity index (χ2n) is 23.2. The molecule has 15 rings (SSSR count). The third-order valence-electron chi connectivity index (χ3n) is 17.9. The zero-order chi connectivity index (χ0) is 55.4. The van der Waals surface area contributed by atoms with E-state index in [4.69, 9.17) is 4.42 Å². The van der Waals surface area contributed by atoms with Gasteiger partial charge < -0.3 is 14.2 Å². The molecule has 3 heteroatoms. The largest absolute Gasteiger partial charge is 0.455 e. The highest BCUT2D eigenvalue weighted by Crippen LogP contribution is 2.67. The number of hydrogen-bond donors (Lipinski definition) is 0. The first-order valence-electron chi connectivity index (χ1n) is 29.0. The second kappa shape index (κ2) is 19.2. The average molecular weight is 1060 g/mol. The van der Waals surface area contributed by atoms with Crippen molar-refractivity contribution in [1.29, 1.82) is 0 Å². The van der Waals surface area contributed by atoms with Gasteiger partial charge in [-0.05, 0) is 181 Å². The van der Waals surface area contributed by atoms with Crippen LogP contribution in [0.25, 0.3) is 77.2 Å². The molecule has 0 atom stereocenters. The van der Waals surface area contributed by atoms with Gasteiger partial charge in [0.25, 0.3) is 0 Å². The van der Waals surface area contributed by atoms with Gasteiger partial charge in [-0.2, -0.15) is 0 Å². The lowest BCUT2D eigenvalue weighted by Gasteiger charge is -2.34. The average Bonchev–Trinajstić information content (AvgIpc) is 2.25. The predicted molar refractivity (Wildman–Crippen MR) is 345 cm³/mol. The molecule has 1 aromatic heterocycles. The molecule has 0 saturated carbocycles. The van der Waals surface area contributed by atoms with Crippen molar-refractivity contribution in [2.75, 3.05) is 9.80 Å². The van der Waals surface area contributed by atoms with Crippen molar-refractivity contribution in [3.8, 4) is 44.5 Å². The highest BCUT2D eigenvalue weighted by molar-refractivity contribution is 6.23. The monoisotopic (exact) mass is 1050 g/mol. The van der Waals surface area contributed by atoms with Gasteiger partial charge in [0.2, 0.25) is 0 Å². The van der Waals surface area contributed by atoms with Crippen LogP contribution in [0.1, 0.15) is 84.0 Å². The highest BCUT2D eigenvalue weighted by Gasteiger charge is 2.54. The molecule has 0 amide bonds. The first kappa shape index (κ1) is 49.4. The summed E-state index contributed by atoms with van der Waals surface area (Å²) in [5, 5.41) is 4.50. The first-order valence-corrected chi connectivity index (χ1v) is 29.0. The fourth-order valence-electron chi connectivity index (χ4n) is 13.9. The van der Waals surface area contributed by atoms with Crippen molar-refractivity contribution in [2.24, 2.45) is 0 Å². The summed E-state index contributed by atoms with van der Waals surface area (Å²) in [7, 11) is 0. The minimum Gasteiger partial charge on any atom is -0.455 e. The molecule has 2 aliphatic rings. The van der Waals surface area contributed by atoms with Gasteiger partial charge in [-0.1, -0.05) is 216 Å². The molecule has 1 heterocycles. The maximum absolute atomic E-state index is 7.58. The van der Waals surface area contributed by atoms with Crippen LogP contribution in [0.3, 0.4) is 0 Å². The molecular formula is C79H62N2O. The van der Waals surface area contributed by atoms with E-state index in [0.29, 0.717) is 11.8 Å². The molecule has 0 saturated heterocycles. The number of anilines is 6. The summed E-state index contributed by atoms with van der Waals surface area (Å²) in [6.07, 6.45) is 0. The molecule has 0 aliphatic heterocycles. The second-order valence-corrected chi connectivity index (χ2v) is 23.2. The van der Waals surface area contributed by atoms with E-state index in [0.717, 1.165) is 67.0 Å². The minimum absolute atomic E-state index is 0.379. The summed E-state index contributed by atoms with van der Waals surface area (Å²) in [5.74, 6) is 0.768. The van der Waals surface area contributed by atoms with E-state index < -0.39 is 5.41 Å². The van der Waals surface area contributed by atoms with Crippen molar-refractivity contribution in [2.45, 2.75) is 58.8 Å². The summed E-state index contributed by atoms with van der Waals surface area (Å²) in [5.41, 5.74) is 27.2. The molecule has 2 aliphatic carbocycles. The van der Waals surface area contributed by atoms with Crippen LogP contribution in [0.4, 0.5) is 34.1 Å². The molecule has 82 heavy (non-hydrogen) atoms. The van der Waals surface area contributed by atoms with E-state index in [1.807, 2.05) is 0 Å². The fourth-order valence-corrected chi connectivity index (χ4v) is 13.9. The summed E-state index contributed by atoms with van der Waals surface area (Å²) in [6, 6.07) is 95.5. The third-order valence-corrected chi connectivity index (χ3v) is 17.9. The highest BCUT2D eigenvalue weighted by atomic mass is 16.3. The lowest BCUT2D eigenvalue weighted by Crippen LogP contribution is -2.26. The molecule has 0 unspecified atom stereocenters. The van der Waals surface area contributed by atoms with Crippen LogP contribution in [-0.4, -0.2) is 0 Å². The van der Waals surface area contributed by atoms with E-state index in [2.05, 4.69) is 306 Å². The lowest BCUT2D eigenvalue weighted by atomic mass is 9.70. The van der Waals surface area contributed by atoms with Crippen LogP contribution >= 0.6 is 0 Å². The van der Waals surface area contributed by atoms with E-state index in [1.165, 1.54) is 88.8 Å². The van der Waals surface area contributed by atoms with Gasteiger partial charge >= 0.3 is 0 Å². The van der Waals surface area contributed by atoms with Gasteiger partial charge in [0, 0.05) is 39.1 Å². The van der Waals surface area contributed by atoms with Crippen molar-refractivity contribution >= 4 is 66.8 Å². The Hall–Kier alpha value is -9.70. The van der Waals surface area contributed by atoms with Gasteiger partial charge in [0.05, 0.1) is 22.2 Å². The molecule has 0 radical (unpaired) electrons. The molecule has 0 fully saturated rings. The Kier molecular flexibility index (Phi) is 11.6. The topological polar surface area (TPSA) is 19.6 Å². The maximum atomic E-state index is 7.58. The summed E-state index contributed by atoms with van der Waals surface area (Å²) >= 11 is 0. The van der Waals surface area contributed by atoms with Crippen molar-refractivity contribution in [1.82, 2.24) is 0 Å². The summed E-state index contributed by atoms with van der Waals surface area (Å²) in [6.45, 7) is 13.5. The Balaban J connectivity index is 1.09. The maximum Gasteiger partial charge on any atom is 0.145 e. The normalized spacial score (nSPS) is 12.8. The fraction of sp³-hybridized carbons (Fsp3) is 0.114. The quantitative estimate of drug-likeness (QED) is 0.136. The molecule has 3 nitrogen and oxygen atoms in total. The molecule has 1 spiro atoms. The third kappa shape index (κ3) is 7.49. The molecule has 0 bridgehead atoms. The van der Waals surface area contributed by atoms with E-state index in [9.17, 15) is 0 Å². The van der Waals surface area contributed by atoms with Crippen molar-refractivity contribution < 1.29 is 4.42 Å². The number of para-hydroxylation sites is 1. The SMILES string of the molecule is Cc1ccc(N(c2ccc(C(C)C)cc2)c2cc3c(c4ccccc24)-c2c(cc(N(c4ccc(C(C)C)cc4)c4ccc(C)c(-c5ccccc5)c4)c4c2oc2ccccc24)C32c3ccccc3-c3ccccc32)cc1-c1ccccc1. The van der Waals surface area contributed by atoms with Gasteiger partial charge in [0.15, 0.2) is 0 Å². The van der Waals surface area contributed by atoms with Crippen LogP contribution in [0.15, 0.2) is 259 Å². The van der Waals surface area contributed by atoms with Crippen LogP contribution in [0.5, 0.6) is 0 Å². The van der Waals surface area contributed by atoms with Crippen molar-refractivity contribution in [3.05, 3.63) is 299 Å². The van der Waals surface area contributed by atoms with Gasteiger partial charge in [-0.15, -0.1) is 0 Å². The van der Waals surface area contributed by atoms with Crippen LogP contribution < -0.4 is 9.80 Å². The summed E-state index contributed by atoms with van der Waals surface area (Å²) < 4.78 is 7.58. The Labute approximate surface area is 481 Å². The molecule has 13 aromatic rings. The standard InChI is InChI=1S/C79H62N2O/c1-49(2)53-35-41-57(42-36-53)80(59-39-33-51(5)66(45-59)55-21-9-7-10-22-55)72-47-70-75(64-28-14-13-27-63(64)72)77-71(79(70)68-30-18-15-25-61(68)62-26-16-19-31-69(62)79)48-73(76-65-29-17-20-32-74(65)82-78(76)77)81(58-43-37-54(38-44-58)50(3)4)60-40-34-52(6)67(46-60)56-23-11-8-12-24-56/h7-50H,1-6H3. The van der Waals surface area contributed by atoms with Crippen LogP contribution in [0.2, 0.25) is 0 Å². The Morgan fingerprint density at radius 1 is 0.341 bits per heavy atom. The number of furan rings is 1. The van der Waals surface area contributed by atoms with Crippen LogP contribution in [0, 0.1) is 13.8 Å². The van der Waals surface area contributed by atoms with E-state index in [1.54, 1.807) is 0 Å². The van der Waals surface area contributed by atoms with Gasteiger partial charge in [-0.3, -0.25) is 0 Å². The summed E-state index contributed by atoms with van der Waals surface area (Å²) in [4.78, 5) is 5.03. The number of nitrogens with zero attached hydrogens (tertiary/aromatic N) is 2. The Bertz CT molecular complexity index is 4600. The number of fused-ring (bicyclic) bond motifs is 16. The van der Waals surface area contributed by atoms with E-state index in [-0.39, 0.29) is 0 Å². The van der Waals surface area contributed by atoms with Gasteiger partial charge in [-0.25, -0.2) is 0 Å². The smallest absolute Gasteiger partial charge is 0.145 e. The molecular weight excluding hydrogens is 993 g/mol. The number of benzene rings is 12. The number of aryl methyl sites for hydroxylation is 2. The molecule has 12 aromatic carbocycles. The predicted octanol–water partition coefficient (Wildman–Crippen LogP) is 22.2. The Morgan fingerprint density at radius 3 is 1.30 bits per heavy atom. The molecule has 0 N–H and O–H groups in total. The lowest BCUT2D eigenvalue weighted by molar-refractivity contribution is 0.669. The number of rotatable bonds is 10. The Morgan fingerprint density at radius 2 is 0.768 bits per heavy atom. The minimum atomic E-state index is -0.774. The zero-order valence-electron chi connectivity index (χ0n) is 47.2. The number of hydrogen-bond acceptors (Lipinski definition) is 3. The first-order chi connectivity index (χ1) is 40.2. The van der Waals surface area contributed by atoms with E-state index >= 15 is 0 Å². The van der Waals surface area contributed by atoms with Crippen LogP contribution in [-0.2, 0) is 5.41 Å². The van der Waals surface area contributed by atoms with Gasteiger partial charge in [0.1, 0.15) is 11.2 Å².